The van der Waals surface area contributed by atoms with Gasteiger partial charge in [0, 0.05) is 35.0 Å². The number of H-pyrrole nitrogens is 1. The number of nitrogens with zero attached hydrogens (tertiary/aromatic N) is 3. The van der Waals surface area contributed by atoms with Crippen molar-refractivity contribution in [3.05, 3.63) is 58.5 Å². The van der Waals surface area contributed by atoms with Gasteiger partial charge in [0.1, 0.15) is 12.0 Å². The number of likely N-dealkylation sites (tertiary alicyclic amines) is 1. The zero-order valence-electron chi connectivity index (χ0n) is 19.3. The van der Waals surface area contributed by atoms with E-state index in [0.29, 0.717) is 43.9 Å². The minimum atomic E-state index is -5.24. The van der Waals surface area contributed by atoms with E-state index in [4.69, 9.17) is 16.4 Å². The number of hydrogen-bond donors (Lipinski definition) is 2. The molecule has 1 aromatic heterocycles. The number of halogens is 5. The quantitative estimate of drug-likeness (QED) is 0.472. The summed E-state index contributed by atoms with van der Waals surface area (Å²) in [6.07, 6.45) is -4.53. The van der Waals surface area contributed by atoms with Crippen molar-refractivity contribution in [2.24, 2.45) is 5.92 Å². The molecule has 2 aliphatic heterocycles. The lowest BCUT2D eigenvalue weighted by atomic mass is 9.91. The fourth-order valence-electron chi connectivity index (χ4n) is 4.85. The highest BCUT2D eigenvalue weighted by atomic mass is 35.5. The molecule has 0 saturated carbocycles. The number of alkyl halides is 3. The molecule has 0 spiro atoms. The third-order valence-corrected chi connectivity index (χ3v) is 6.97. The van der Waals surface area contributed by atoms with Gasteiger partial charge in [-0.1, -0.05) is 11.6 Å². The molecular weight excluding hydrogens is 518 g/mol. The van der Waals surface area contributed by atoms with Crippen molar-refractivity contribution in [1.82, 2.24) is 20.4 Å². The third-order valence-electron chi connectivity index (χ3n) is 6.74. The molecule has 2 N–H and O–H groups in total. The molecule has 5 rings (SSSR count). The number of rotatable bonds is 5. The van der Waals surface area contributed by atoms with Gasteiger partial charge in [0.05, 0.1) is 16.8 Å². The summed E-state index contributed by atoms with van der Waals surface area (Å²) in [5.74, 6) is -4.12. The van der Waals surface area contributed by atoms with Gasteiger partial charge in [-0.25, -0.2) is 9.18 Å². The second-order valence-corrected chi connectivity index (χ2v) is 9.51. The average Bonchev–Trinajstić information content (AvgIpc) is 3.26. The fraction of sp³-hybridized carbons (Fsp3) is 0.375. The number of piperidine rings is 1. The summed E-state index contributed by atoms with van der Waals surface area (Å²) < 4.78 is 52.7. The average molecular weight is 540 g/mol. The molecule has 196 valence electrons. The van der Waals surface area contributed by atoms with Crippen molar-refractivity contribution >= 4 is 40.1 Å². The molecule has 3 aromatic rings. The second kappa shape index (κ2) is 9.82. The van der Waals surface area contributed by atoms with Crippen LogP contribution in [-0.2, 0) is 16.1 Å². The Morgan fingerprint density at radius 2 is 1.92 bits per heavy atom. The lowest BCUT2D eigenvalue weighted by Crippen LogP contribution is -2.59. The maximum Gasteiger partial charge on any atom is 0.493 e. The normalized spacial score (nSPS) is 19.1. The molecule has 1 amide bonds. The summed E-state index contributed by atoms with van der Waals surface area (Å²) in [6, 6.07) is 8.49. The first kappa shape index (κ1) is 25.3. The van der Waals surface area contributed by atoms with Gasteiger partial charge in [-0.15, -0.1) is 0 Å². The largest absolute Gasteiger partial charge is 0.493 e. The van der Waals surface area contributed by atoms with Crippen LogP contribution in [0.1, 0.15) is 28.9 Å². The Bertz CT molecular complexity index is 1340. The van der Waals surface area contributed by atoms with Crippen LogP contribution in [0.2, 0.25) is 5.02 Å². The van der Waals surface area contributed by atoms with Crippen LogP contribution in [0, 0.1) is 11.7 Å². The number of amides is 1. The molecular formula is C24H22ClF4N5O3. The van der Waals surface area contributed by atoms with Crippen molar-refractivity contribution in [2.45, 2.75) is 31.6 Å². The van der Waals surface area contributed by atoms with Crippen LogP contribution >= 0.6 is 11.6 Å². The minimum absolute atomic E-state index is 0.0973. The summed E-state index contributed by atoms with van der Waals surface area (Å²) in [6.45, 7) is 1.94. The van der Waals surface area contributed by atoms with E-state index in [1.165, 1.54) is 0 Å². The molecule has 1 atom stereocenters. The molecule has 2 aliphatic rings. The van der Waals surface area contributed by atoms with Crippen LogP contribution in [0.4, 0.5) is 23.2 Å². The van der Waals surface area contributed by atoms with Crippen LogP contribution < -0.4 is 10.4 Å². The van der Waals surface area contributed by atoms with Crippen LogP contribution in [0.5, 0.6) is 0 Å². The van der Waals surface area contributed by atoms with E-state index in [0.717, 1.165) is 39.9 Å². The molecule has 0 aliphatic carbocycles. The van der Waals surface area contributed by atoms with Crippen LogP contribution in [0.25, 0.3) is 10.9 Å². The van der Waals surface area contributed by atoms with Gasteiger partial charge in [0.2, 0.25) is 0 Å². The van der Waals surface area contributed by atoms with Gasteiger partial charge in [0.15, 0.2) is 0 Å². The molecule has 1 saturated heterocycles. The van der Waals surface area contributed by atoms with E-state index in [1.807, 2.05) is 12.1 Å². The van der Waals surface area contributed by atoms with E-state index in [2.05, 4.69) is 20.4 Å². The lowest BCUT2D eigenvalue weighted by molar-refractivity contribution is -0.203. The predicted molar refractivity (Wildman–Crippen MR) is 126 cm³/mol. The number of benzene rings is 2. The van der Waals surface area contributed by atoms with Crippen LogP contribution in [0.15, 0.2) is 36.4 Å². The molecule has 0 radical (unpaired) electrons. The van der Waals surface area contributed by atoms with Gasteiger partial charge < -0.3 is 15.1 Å². The Labute approximate surface area is 213 Å². The number of hydrogen-bond acceptors (Lipinski definition) is 6. The molecule has 1 unspecified atom stereocenters. The van der Waals surface area contributed by atoms with Crippen molar-refractivity contribution in [1.29, 1.82) is 0 Å². The monoisotopic (exact) mass is 539 g/mol. The molecule has 2 aromatic carbocycles. The molecule has 3 heterocycles. The molecule has 13 heteroatoms. The standard InChI is InChI=1S/C24H22ClF4N5O3/c25-14-1-3-18-16(11-14)19(32-31-18)7-10-33-8-5-13(6-9-33)21-30-22(35)17-12-15(26)2-4-20(17)34(21)37-23(36)24(27,28)29/h1-4,11-13,21H,5-10H2,(H,30,35)(H,31,32). The van der Waals surface area contributed by atoms with Crippen molar-refractivity contribution in [2.75, 3.05) is 24.7 Å². The van der Waals surface area contributed by atoms with Crippen LogP contribution in [-0.4, -0.2) is 59.0 Å². The zero-order valence-corrected chi connectivity index (χ0v) is 20.1. The Hall–Kier alpha value is -3.38. The minimum Gasteiger partial charge on any atom is -0.330 e. The summed E-state index contributed by atoms with van der Waals surface area (Å²) >= 11 is 6.11. The van der Waals surface area contributed by atoms with Gasteiger partial charge in [-0.2, -0.15) is 23.3 Å². The summed E-state index contributed by atoms with van der Waals surface area (Å²) in [5.41, 5.74) is 1.46. The first-order chi connectivity index (χ1) is 17.6. The number of aromatic amines is 1. The SMILES string of the molecule is O=C1NC(C2CCN(CCc3[nH]nc4ccc(Cl)cc34)CC2)N(OC(=O)C(F)(F)F)c2ccc(F)cc21. The highest BCUT2D eigenvalue weighted by molar-refractivity contribution is 6.31. The number of aromatic nitrogens is 2. The zero-order chi connectivity index (χ0) is 26.3. The van der Waals surface area contributed by atoms with Crippen molar-refractivity contribution in [3.63, 3.8) is 0 Å². The Morgan fingerprint density at radius 1 is 1.16 bits per heavy atom. The van der Waals surface area contributed by atoms with E-state index in [9.17, 15) is 27.2 Å². The smallest absolute Gasteiger partial charge is 0.330 e. The number of carbonyl (C=O) groups is 2. The summed E-state index contributed by atoms with van der Waals surface area (Å²) in [5, 5.41) is 12.2. The number of carbonyl (C=O) groups excluding carboxylic acids is 2. The summed E-state index contributed by atoms with van der Waals surface area (Å²) in [7, 11) is 0. The predicted octanol–water partition coefficient (Wildman–Crippen LogP) is 4.21. The van der Waals surface area contributed by atoms with E-state index >= 15 is 0 Å². The van der Waals surface area contributed by atoms with Gasteiger partial charge in [-0.05, 0) is 62.3 Å². The van der Waals surface area contributed by atoms with Gasteiger partial charge in [-0.3, -0.25) is 9.89 Å². The lowest BCUT2D eigenvalue weighted by Gasteiger charge is -2.43. The van der Waals surface area contributed by atoms with Crippen molar-refractivity contribution in [3.8, 4) is 0 Å². The Balaban J connectivity index is 1.28. The number of anilines is 1. The Morgan fingerprint density at radius 3 is 2.65 bits per heavy atom. The molecule has 1 fully saturated rings. The topological polar surface area (TPSA) is 90.6 Å². The fourth-order valence-corrected chi connectivity index (χ4v) is 5.02. The highest BCUT2D eigenvalue weighted by Gasteiger charge is 2.46. The van der Waals surface area contributed by atoms with E-state index in [-0.39, 0.29) is 17.2 Å². The first-order valence-corrected chi connectivity index (χ1v) is 12.0. The third kappa shape index (κ3) is 5.21. The summed E-state index contributed by atoms with van der Waals surface area (Å²) in [4.78, 5) is 31.2. The number of nitrogens with one attached hydrogen (secondary N) is 2. The number of hydroxylamine groups is 1. The van der Waals surface area contributed by atoms with E-state index in [1.54, 1.807) is 6.07 Å². The maximum absolute atomic E-state index is 13.7. The first-order valence-electron chi connectivity index (χ1n) is 11.6. The molecule has 37 heavy (non-hydrogen) atoms. The second-order valence-electron chi connectivity index (χ2n) is 9.07. The Kier molecular flexibility index (Phi) is 6.71. The molecule has 8 nitrogen and oxygen atoms in total. The maximum atomic E-state index is 13.7. The van der Waals surface area contributed by atoms with Gasteiger partial charge >= 0.3 is 12.1 Å². The number of fused-ring (bicyclic) bond motifs is 2. The highest BCUT2D eigenvalue weighted by Crippen LogP contribution is 2.34. The van der Waals surface area contributed by atoms with Crippen molar-refractivity contribution < 1.29 is 32.0 Å². The van der Waals surface area contributed by atoms with Crippen LogP contribution in [0.3, 0.4) is 0 Å². The van der Waals surface area contributed by atoms with Gasteiger partial charge in [0.25, 0.3) is 5.91 Å². The molecule has 0 bridgehead atoms. The van der Waals surface area contributed by atoms with E-state index < -0.39 is 30.0 Å².